The van der Waals surface area contributed by atoms with Gasteiger partial charge in [-0.25, -0.2) is 8.42 Å². The van der Waals surface area contributed by atoms with E-state index >= 15 is 0 Å². The van der Waals surface area contributed by atoms with Gasteiger partial charge in [0.1, 0.15) is 5.75 Å². The van der Waals surface area contributed by atoms with Crippen LogP contribution in [0, 0.1) is 12.8 Å². The second-order valence-electron chi connectivity index (χ2n) is 7.30. The average Bonchev–Trinajstić information content (AvgIpc) is 2.73. The first-order valence-corrected chi connectivity index (χ1v) is 12.4. The van der Waals surface area contributed by atoms with Gasteiger partial charge >= 0.3 is 0 Å². The molecule has 1 fully saturated rings. The summed E-state index contributed by atoms with van der Waals surface area (Å²) in [6.45, 7) is 4.61. The third-order valence-electron chi connectivity index (χ3n) is 5.11. The Labute approximate surface area is 197 Å². The molecule has 0 bridgehead atoms. The Balaban J connectivity index is 1.76. The number of carbonyl (C=O) groups is 1. The maximum absolute atomic E-state index is 13.2. The third kappa shape index (κ3) is 5.46. The molecular weight excluding hydrogens is 483 g/mol. The molecule has 6 nitrogen and oxygen atoms in total. The van der Waals surface area contributed by atoms with Crippen LogP contribution >= 0.6 is 34.8 Å². The van der Waals surface area contributed by atoms with Crippen molar-refractivity contribution in [3.05, 3.63) is 51.0 Å². The summed E-state index contributed by atoms with van der Waals surface area (Å²) in [7, 11) is -3.74. The number of ether oxygens (including phenoxy) is 1. The van der Waals surface area contributed by atoms with Gasteiger partial charge in [0.15, 0.2) is 0 Å². The molecule has 2 aromatic carbocycles. The molecule has 1 heterocycles. The van der Waals surface area contributed by atoms with Crippen LogP contribution in [0.15, 0.2) is 35.2 Å². The number of benzene rings is 2. The Morgan fingerprint density at radius 2 is 1.87 bits per heavy atom. The van der Waals surface area contributed by atoms with E-state index in [0.29, 0.717) is 37.4 Å². The molecule has 31 heavy (non-hydrogen) atoms. The maximum Gasteiger partial charge on any atom is 0.243 e. The highest BCUT2D eigenvalue weighted by molar-refractivity contribution is 7.89. The van der Waals surface area contributed by atoms with Gasteiger partial charge in [0.05, 0.1) is 38.2 Å². The van der Waals surface area contributed by atoms with Crippen LogP contribution in [0.25, 0.3) is 0 Å². The fraction of sp³-hybridized carbons (Fsp3) is 0.381. The third-order valence-corrected chi connectivity index (χ3v) is 8.00. The summed E-state index contributed by atoms with van der Waals surface area (Å²) in [5.41, 5.74) is 1.08. The van der Waals surface area contributed by atoms with Crippen molar-refractivity contribution in [2.24, 2.45) is 5.92 Å². The lowest BCUT2D eigenvalue weighted by molar-refractivity contribution is -0.120. The summed E-state index contributed by atoms with van der Waals surface area (Å²) >= 11 is 18.1. The summed E-state index contributed by atoms with van der Waals surface area (Å²) < 4.78 is 33.2. The average molecular weight is 506 g/mol. The number of halogens is 3. The van der Waals surface area contributed by atoms with Gasteiger partial charge in [0, 0.05) is 13.1 Å². The smallest absolute Gasteiger partial charge is 0.243 e. The predicted molar refractivity (Wildman–Crippen MR) is 124 cm³/mol. The molecule has 1 atom stereocenters. The minimum absolute atomic E-state index is 0.0827. The van der Waals surface area contributed by atoms with Crippen molar-refractivity contribution in [3.63, 3.8) is 0 Å². The molecule has 0 aliphatic carbocycles. The van der Waals surface area contributed by atoms with Gasteiger partial charge in [-0.1, -0.05) is 34.8 Å². The number of carbonyl (C=O) groups excluding carboxylic acids is 1. The zero-order valence-electron chi connectivity index (χ0n) is 17.1. The molecule has 1 aliphatic rings. The molecule has 1 saturated heterocycles. The van der Waals surface area contributed by atoms with E-state index in [0.717, 1.165) is 5.56 Å². The second-order valence-corrected chi connectivity index (χ2v) is 10.5. The summed E-state index contributed by atoms with van der Waals surface area (Å²) in [5, 5.41) is 3.54. The fourth-order valence-corrected chi connectivity index (χ4v) is 5.68. The van der Waals surface area contributed by atoms with Gasteiger partial charge < -0.3 is 10.1 Å². The van der Waals surface area contributed by atoms with E-state index < -0.39 is 15.9 Å². The van der Waals surface area contributed by atoms with Gasteiger partial charge in [0.25, 0.3) is 0 Å². The Hall–Kier alpha value is -1.51. The minimum atomic E-state index is -3.74. The lowest BCUT2D eigenvalue weighted by Crippen LogP contribution is -2.43. The minimum Gasteiger partial charge on any atom is -0.494 e. The number of nitrogens with one attached hydrogen (secondary N) is 1. The zero-order valence-corrected chi connectivity index (χ0v) is 20.2. The van der Waals surface area contributed by atoms with Crippen LogP contribution in [0.4, 0.5) is 5.69 Å². The zero-order chi connectivity index (χ0) is 22.8. The summed E-state index contributed by atoms with van der Waals surface area (Å²) in [4.78, 5) is 13.0. The molecule has 2 aromatic rings. The van der Waals surface area contributed by atoms with E-state index in [2.05, 4.69) is 5.32 Å². The SMILES string of the molecule is CCOc1ccc(S(=O)(=O)N2CCC[C@H](C(=O)Nc3cc(Cl)c(Cl)cc3Cl)C2)cc1C. The number of hydrogen-bond acceptors (Lipinski definition) is 4. The molecule has 10 heteroatoms. The van der Waals surface area contributed by atoms with Crippen LogP contribution in [0.5, 0.6) is 5.75 Å². The molecule has 1 N–H and O–H groups in total. The normalized spacial score (nSPS) is 17.4. The van der Waals surface area contributed by atoms with E-state index in [9.17, 15) is 13.2 Å². The van der Waals surface area contributed by atoms with Crippen molar-refractivity contribution in [1.82, 2.24) is 4.31 Å². The molecule has 1 amide bonds. The van der Waals surface area contributed by atoms with Crippen LogP contribution in [0.2, 0.25) is 15.1 Å². The van der Waals surface area contributed by atoms with Crippen LogP contribution in [0.3, 0.4) is 0 Å². The summed E-state index contributed by atoms with van der Waals surface area (Å²) in [6, 6.07) is 7.72. The second kappa shape index (κ2) is 9.96. The van der Waals surface area contributed by atoms with E-state index in [1.54, 1.807) is 19.1 Å². The van der Waals surface area contributed by atoms with Crippen LogP contribution in [0.1, 0.15) is 25.3 Å². The highest BCUT2D eigenvalue weighted by Crippen LogP contribution is 2.33. The Bertz CT molecular complexity index is 1090. The van der Waals surface area contributed by atoms with Gasteiger partial charge in [0.2, 0.25) is 15.9 Å². The van der Waals surface area contributed by atoms with Gasteiger partial charge in [-0.2, -0.15) is 4.31 Å². The van der Waals surface area contributed by atoms with Gasteiger partial charge in [-0.05, 0) is 62.6 Å². The molecule has 0 unspecified atom stereocenters. The van der Waals surface area contributed by atoms with E-state index in [4.69, 9.17) is 39.5 Å². The predicted octanol–water partition coefficient (Wildman–Crippen LogP) is 5.39. The van der Waals surface area contributed by atoms with E-state index in [1.165, 1.54) is 22.5 Å². The number of anilines is 1. The van der Waals surface area contributed by atoms with Crippen molar-refractivity contribution in [2.75, 3.05) is 25.0 Å². The highest BCUT2D eigenvalue weighted by Gasteiger charge is 2.33. The summed E-state index contributed by atoms with van der Waals surface area (Å²) in [5.74, 6) is -0.184. The summed E-state index contributed by atoms with van der Waals surface area (Å²) in [6.07, 6.45) is 1.14. The number of hydrogen-bond donors (Lipinski definition) is 1. The van der Waals surface area contributed by atoms with Crippen molar-refractivity contribution in [1.29, 1.82) is 0 Å². The molecule has 1 aliphatic heterocycles. The Morgan fingerprint density at radius 3 is 2.55 bits per heavy atom. The molecule has 0 spiro atoms. The number of rotatable bonds is 6. The molecule has 168 valence electrons. The molecule has 0 saturated carbocycles. The van der Waals surface area contributed by atoms with E-state index in [-0.39, 0.29) is 32.4 Å². The first kappa shape index (κ1) is 24.1. The Kier molecular flexibility index (Phi) is 7.76. The molecular formula is C21H23Cl3N2O4S. The lowest BCUT2D eigenvalue weighted by Gasteiger charge is -2.31. The number of aryl methyl sites for hydroxylation is 1. The number of nitrogens with zero attached hydrogens (tertiary/aromatic N) is 1. The number of amides is 1. The monoisotopic (exact) mass is 504 g/mol. The fourth-order valence-electron chi connectivity index (χ4n) is 3.48. The maximum atomic E-state index is 13.2. The van der Waals surface area contributed by atoms with E-state index in [1.807, 2.05) is 6.92 Å². The van der Waals surface area contributed by atoms with Crippen molar-refractivity contribution >= 4 is 56.4 Å². The van der Waals surface area contributed by atoms with Gasteiger partial charge in [-0.15, -0.1) is 0 Å². The first-order valence-electron chi connectivity index (χ1n) is 9.82. The standard InChI is InChI=1S/C21H23Cl3N2O4S/c1-3-30-20-7-6-15(9-13(20)2)31(28,29)26-8-4-5-14(12-26)21(27)25-19-11-17(23)16(22)10-18(19)24/h6-7,9-11,14H,3-5,8,12H2,1-2H3,(H,25,27)/t14-/m0/s1. The topological polar surface area (TPSA) is 75.7 Å². The molecule has 3 rings (SSSR count). The molecule has 0 aromatic heterocycles. The van der Waals surface area contributed by atoms with Crippen LogP contribution in [-0.2, 0) is 14.8 Å². The highest BCUT2D eigenvalue weighted by atomic mass is 35.5. The largest absolute Gasteiger partial charge is 0.494 e. The molecule has 0 radical (unpaired) electrons. The van der Waals surface area contributed by atoms with Crippen LogP contribution < -0.4 is 10.1 Å². The Morgan fingerprint density at radius 1 is 1.16 bits per heavy atom. The van der Waals surface area contributed by atoms with Gasteiger partial charge in [-0.3, -0.25) is 4.79 Å². The van der Waals surface area contributed by atoms with Crippen molar-refractivity contribution in [3.8, 4) is 5.75 Å². The number of piperidine rings is 1. The lowest BCUT2D eigenvalue weighted by atomic mass is 9.98. The van der Waals surface area contributed by atoms with Crippen LogP contribution in [-0.4, -0.2) is 38.3 Å². The van der Waals surface area contributed by atoms with Crippen molar-refractivity contribution in [2.45, 2.75) is 31.6 Å². The first-order chi connectivity index (χ1) is 14.6. The quantitative estimate of drug-likeness (QED) is 0.534. The number of sulfonamides is 1. The van der Waals surface area contributed by atoms with Crippen molar-refractivity contribution < 1.29 is 17.9 Å².